The molecule has 0 saturated carbocycles. The summed E-state index contributed by atoms with van der Waals surface area (Å²) in [7, 11) is 0. The van der Waals surface area contributed by atoms with Gasteiger partial charge in [-0.05, 0) is 19.1 Å². The van der Waals surface area contributed by atoms with Gasteiger partial charge in [0.1, 0.15) is 0 Å². The van der Waals surface area contributed by atoms with Crippen LogP contribution in [0.3, 0.4) is 0 Å². The summed E-state index contributed by atoms with van der Waals surface area (Å²) in [6, 6.07) is 5.86. The van der Waals surface area contributed by atoms with Crippen LogP contribution in [0.5, 0.6) is 0 Å². The van der Waals surface area contributed by atoms with E-state index in [1.807, 2.05) is 0 Å². The Hall–Kier alpha value is -2.68. The molecule has 0 spiro atoms. The van der Waals surface area contributed by atoms with Crippen LogP contribution in [0.1, 0.15) is 16.6 Å². The molecule has 2 amide bonds. The van der Waals surface area contributed by atoms with Crippen molar-refractivity contribution in [3.8, 4) is 0 Å². The molecule has 0 atom stereocenters. The Labute approximate surface area is 122 Å². The Morgan fingerprint density at radius 1 is 1.33 bits per heavy atom. The number of hydrogen-bond acceptors (Lipinski definition) is 6. The summed E-state index contributed by atoms with van der Waals surface area (Å²) in [4.78, 5) is 33.4. The first-order valence-corrected chi connectivity index (χ1v) is 6.74. The first kappa shape index (κ1) is 14.7. The first-order valence-electron chi connectivity index (χ1n) is 5.92. The highest BCUT2D eigenvalue weighted by Gasteiger charge is 2.14. The van der Waals surface area contributed by atoms with E-state index in [0.29, 0.717) is 10.3 Å². The van der Waals surface area contributed by atoms with Crippen LogP contribution in [-0.4, -0.2) is 23.5 Å². The van der Waals surface area contributed by atoms with Gasteiger partial charge >= 0.3 is 6.09 Å². The highest BCUT2D eigenvalue weighted by Crippen LogP contribution is 2.28. The van der Waals surface area contributed by atoms with E-state index in [9.17, 15) is 19.7 Å². The fraction of sp³-hybridized carbons (Fsp3) is 0.167. The molecule has 0 aliphatic rings. The molecule has 110 valence electrons. The van der Waals surface area contributed by atoms with Crippen LogP contribution < -0.4 is 10.9 Å². The van der Waals surface area contributed by atoms with Crippen molar-refractivity contribution < 1.29 is 19.2 Å². The van der Waals surface area contributed by atoms with E-state index in [1.54, 1.807) is 13.0 Å². The fourth-order valence-corrected chi connectivity index (χ4v) is 2.53. The van der Waals surface area contributed by atoms with Gasteiger partial charge in [0.05, 0.1) is 16.4 Å². The number of carbonyl (C=O) groups is 2. The van der Waals surface area contributed by atoms with Gasteiger partial charge in [0.2, 0.25) is 0 Å². The fourth-order valence-electron chi connectivity index (χ4n) is 1.59. The zero-order valence-corrected chi connectivity index (χ0v) is 11.7. The molecule has 0 fully saturated rings. The number of benzene rings is 1. The maximum absolute atomic E-state index is 11.8. The van der Waals surface area contributed by atoms with Gasteiger partial charge in [-0.1, -0.05) is 0 Å². The summed E-state index contributed by atoms with van der Waals surface area (Å²) in [6.45, 7) is 1.83. The van der Waals surface area contributed by atoms with Crippen LogP contribution >= 0.6 is 11.3 Å². The molecule has 0 aliphatic heterocycles. The Kier molecular flexibility index (Phi) is 4.33. The second kappa shape index (κ2) is 6.18. The van der Waals surface area contributed by atoms with Crippen molar-refractivity contribution in [3.63, 3.8) is 0 Å². The lowest BCUT2D eigenvalue weighted by molar-refractivity contribution is -0.384. The third kappa shape index (κ3) is 3.45. The van der Waals surface area contributed by atoms with Crippen molar-refractivity contribution in [2.24, 2.45) is 0 Å². The number of nitrogens with zero attached hydrogens (tertiary/aromatic N) is 1. The third-order valence-electron chi connectivity index (χ3n) is 2.49. The van der Waals surface area contributed by atoms with Crippen molar-refractivity contribution in [1.29, 1.82) is 0 Å². The topological polar surface area (TPSA) is 111 Å². The van der Waals surface area contributed by atoms with Crippen LogP contribution in [0.2, 0.25) is 0 Å². The van der Waals surface area contributed by atoms with E-state index < -0.39 is 16.9 Å². The minimum atomic E-state index is -0.761. The summed E-state index contributed by atoms with van der Waals surface area (Å²) in [5.41, 5.74) is 4.24. The van der Waals surface area contributed by atoms with Crippen molar-refractivity contribution in [2.75, 3.05) is 6.61 Å². The van der Waals surface area contributed by atoms with Crippen molar-refractivity contribution in [1.82, 2.24) is 10.9 Å². The van der Waals surface area contributed by atoms with Crippen LogP contribution in [0.25, 0.3) is 10.1 Å². The molecular formula is C12H11N3O5S. The standard InChI is InChI=1S/C12H11N3O5S/c1-2-20-12(17)14-13-11(16)10-6-7-5-8(15(18)19)3-4-9(7)21-10/h3-6H,2H2,1H3,(H,13,16)(H,14,17). The number of rotatable bonds is 3. The molecule has 0 bridgehead atoms. The number of nitro groups is 1. The Bertz CT molecular complexity index is 712. The molecule has 2 aromatic rings. The Morgan fingerprint density at radius 2 is 2.10 bits per heavy atom. The van der Waals surface area contributed by atoms with E-state index in [-0.39, 0.29) is 12.3 Å². The van der Waals surface area contributed by atoms with Gasteiger partial charge in [-0.25, -0.2) is 10.2 Å². The molecule has 21 heavy (non-hydrogen) atoms. The monoisotopic (exact) mass is 309 g/mol. The minimum absolute atomic E-state index is 0.0445. The molecule has 9 heteroatoms. The van der Waals surface area contributed by atoms with Crippen molar-refractivity contribution in [3.05, 3.63) is 39.3 Å². The number of carbonyl (C=O) groups excluding carboxylic acids is 2. The number of nitrogens with one attached hydrogen (secondary N) is 2. The number of non-ortho nitro benzene ring substituents is 1. The highest BCUT2D eigenvalue weighted by atomic mass is 32.1. The molecule has 1 aromatic carbocycles. The largest absolute Gasteiger partial charge is 0.449 e. The van der Waals surface area contributed by atoms with Gasteiger partial charge in [-0.3, -0.25) is 20.3 Å². The average molecular weight is 309 g/mol. The van der Waals surface area contributed by atoms with E-state index in [0.717, 1.165) is 16.0 Å². The van der Waals surface area contributed by atoms with E-state index >= 15 is 0 Å². The molecular weight excluding hydrogens is 298 g/mol. The number of amides is 2. The van der Waals surface area contributed by atoms with E-state index in [1.165, 1.54) is 18.2 Å². The molecule has 2 N–H and O–H groups in total. The van der Waals surface area contributed by atoms with Gasteiger partial charge in [0, 0.05) is 22.2 Å². The van der Waals surface area contributed by atoms with Crippen LogP contribution in [0.4, 0.5) is 10.5 Å². The second-order valence-corrected chi connectivity index (χ2v) is 4.97. The van der Waals surface area contributed by atoms with Gasteiger partial charge < -0.3 is 4.74 Å². The highest BCUT2D eigenvalue weighted by molar-refractivity contribution is 7.20. The average Bonchev–Trinajstić information content (AvgIpc) is 2.87. The summed E-state index contributed by atoms with van der Waals surface area (Å²) in [6.07, 6.45) is -0.761. The summed E-state index contributed by atoms with van der Waals surface area (Å²) in [5, 5.41) is 11.3. The van der Waals surface area contributed by atoms with E-state index in [2.05, 4.69) is 15.6 Å². The SMILES string of the molecule is CCOC(=O)NNC(=O)c1cc2cc([N+](=O)[O-])ccc2s1. The predicted molar refractivity (Wildman–Crippen MR) is 76.1 cm³/mol. The van der Waals surface area contributed by atoms with Crippen LogP contribution in [0.15, 0.2) is 24.3 Å². The Balaban J connectivity index is 2.13. The van der Waals surface area contributed by atoms with Crippen LogP contribution in [0, 0.1) is 10.1 Å². The zero-order valence-electron chi connectivity index (χ0n) is 10.9. The zero-order chi connectivity index (χ0) is 15.4. The second-order valence-electron chi connectivity index (χ2n) is 3.89. The molecule has 1 heterocycles. The summed E-state index contributed by atoms with van der Waals surface area (Å²) >= 11 is 1.16. The molecule has 0 unspecified atom stereocenters. The number of fused-ring (bicyclic) bond motifs is 1. The predicted octanol–water partition coefficient (Wildman–Crippen LogP) is 2.20. The molecule has 8 nitrogen and oxygen atoms in total. The lowest BCUT2D eigenvalue weighted by atomic mass is 10.2. The summed E-state index contributed by atoms with van der Waals surface area (Å²) in [5.74, 6) is -0.521. The first-order chi connectivity index (χ1) is 10.0. The Morgan fingerprint density at radius 3 is 2.76 bits per heavy atom. The maximum atomic E-state index is 11.8. The maximum Gasteiger partial charge on any atom is 0.426 e. The summed E-state index contributed by atoms with van der Waals surface area (Å²) < 4.78 is 5.33. The number of ether oxygens (including phenoxy) is 1. The minimum Gasteiger partial charge on any atom is -0.449 e. The van der Waals surface area contributed by atoms with Crippen LogP contribution in [-0.2, 0) is 4.74 Å². The van der Waals surface area contributed by atoms with Gasteiger partial charge in [-0.15, -0.1) is 11.3 Å². The molecule has 0 radical (unpaired) electrons. The van der Waals surface area contributed by atoms with Gasteiger partial charge in [0.25, 0.3) is 11.6 Å². The van der Waals surface area contributed by atoms with Gasteiger partial charge in [-0.2, -0.15) is 0 Å². The normalized spacial score (nSPS) is 10.1. The molecule has 0 saturated heterocycles. The molecule has 1 aromatic heterocycles. The van der Waals surface area contributed by atoms with Crippen molar-refractivity contribution >= 4 is 39.1 Å². The quantitative estimate of drug-likeness (QED) is 0.667. The van der Waals surface area contributed by atoms with Gasteiger partial charge in [0.15, 0.2) is 0 Å². The number of nitro benzene ring substituents is 1. The number of hydrazine groups is 1. The van der Waals surface area contributed by atoms with Crippen molar-refractivity contribution in [2.45, 2.75) is 6.92 Å². The lowest BCUT2D eigenvalue weighted by Gasteiger charge is -2.05. The number of hydrogen-bond donors (Lipinski definition) is 2. The number of thiophene rings is 1. The lowest BCUT2D eigenvalue weighted by Crippen LogP contribution is -2.41. The molecule has 0 aliphatic carbocycles. The van der Waals surface area contributed by atoms with E-state index in [4.69, 9.17) is 0 Å². The molecule has 2 rings (SSSR count). The smallest absolute Gasteiger partial charge is 0.426 e. The third-order valence-corrected chi connectivity index (χ3v) is 3.60.